The fraction of sp³-hybridized carbons (Fsp3) is 0.364. The Morgan fingerprint density at radius 1 is 1.24 bits per heavy atom. The number of carbonyl (C=O) groups excluding carboxylic acids is 1. The molecule has 1 aromatic carbocycles. The summed E-state index contributed by atoms with van der Waals surface area (Å²) in [5.41, 5.74) is 1.61. The summed E-state index contributed by atoms with van der Waals surface area (Å²) in [6.07, 6.45) is 3.92. The van der Waals surface area contributed by atoms with Crippen molar-refractivity contribution in [1.82, 2.24) is 24.6 Å². The molecule has 11 nitrogen and oxygen atoms in total. The van der Waals surface area contributed by atoms with Crippen LogP contribution in [0, 0.1) is 0 Å². The van der Waals surface area contributed by atoms with Crippen molar-refractivity contribution in [3.8, 4) is 5.69 Å². The highest BCUT2D eigenvalue weighted by Gasteiger charge is 2.39. The average Bonchev–Trinajstić information content (AvgIpc) is 3.41. The van der Waals surface area contributed by atoms with Gasteiger partial charge in [-0.3, -0.25) is 4.79 Å². The Kier molecular flexibility index (Phi) is 4.81. The molecule has 1 amide bonds. The van der Waals surface area contributed by atoms with Crippen LogP contribution in [0.25, 0.3) is 5.69 Å². The highest BCUT2D eigenvalue weighted by Crippen LogP contribution is 2.34. The van der Waals surface area contributed by atoms with E-state index in [1.807, 2.05) is 19.1 Å². The number of benzene rings is 1. The minimum Gasteiger partial charge on any atom is -0.377 e. The first-order valence-corrected chi connectivity index (χ1v) is 12.6. The van der Waals surface area contributed by atoms with E-state index >= 15 is 0 Å². The van der Waals surface area contributed by atoms with Crippen molar-refractivity contribution in [3.63, 3.8) is 0 Å². The predicted octanol–water partition coefficient (Wildman–Crippen LogP) is 1.42. The molecule has 0 bridgehead atoms. The number of carbonyl (C=O) groups is 1. The average molecular weight is 482 g/mol. The summed E-state index contributed by atoms with van der Waals surface area (Å²) in [4.78, 5) is 26.2. The molecule has 0 spiro atoms. The van der Waals surface area contributed by atoms with Crippen LogP contribution in [0.15, 0.2) is 47.8 Å². The number of anilines is 2. The van der Waals surface area contributed by atoms with E-state index in [1.165, 1.54) is 17.1 Å². The van der Waals surface area contributed by atoms with Gasteiger partial charge in [0, 0.05) is 43.6 Å². The maximum atomic E-state index is 13.7. The molecule has 5 heterocycles. The molecule has 3 aliphatic rings. The van der Waals surface area contributed by atoms with E-state index in [0.717, 1.165) is 24.3 Å². The lowest BCUT2D eigenvalue weighted by Crippen LogP contribution is -2.40. The smallest absolute Gasteiger partial charge is 0.266 e. The molecule has 12 heteroatoms. The van der Waals surface area contributed by atoms with E-state index in [0.29, 0.717) is 30.9 Å². The second kappa shape index (κ2) is 7.77. The molecule has 2 atom stereocenters. The third kappa shape index (κ3) is 3.32. The number of hydrogen-bond donors (Lipinski definition) is 1. The van der Waals surface area contributed by atoms with Gasteiger partial charge in [-0.05, 0) is 37.6 Å². The third-order valence-corrected chi connectivity index (χ3v) is 7.85. The molecule has 6 rings (SSSR count). The third-order valence-electron chi connectivity index (χ3n) is 6.50. The normalized spacial score (nSPS) is 22.1. The number of nitrogens with zero attached hydrogens (tertiary/aromatic N) is 6. The zero-order chi connectivity index (χ0) is 23.4. The zero-order valence-electron chi connectivity index (χ0n) is 18.5. The van der Waals surface area contributed by atoms with Crippen LogP contribution in [0.1, 0.15) is 29.3 Å². The van der Waals surface area contributed by atoms with Gasteiger partial charge in [0.25, 0.3) is 15.9 Å². The quantitative estimate of drug-likeness (QED) is 0.596. The van der Waals surface area contributed by atoms with Crippen LogP contribution in [0.5, 0.6) is 0 Å². The number of amides is 1. The largest absolute Gasteiger partial charge is 0.377 e. The zero-order valence-corrected chi connectivity index (χ0v) is 19.3. The fourth-order valence-electron chi connectivity index (χ4n) is 5.04. The SMILES string of the molecule is CCO[C@@H]1C[C@@H]2CN(C(=O)c3ccc4c(c3)S(=O)(=O)Nc3ncnn3-4)Cc3cccnc3N2C1. The van der Waals surface area contributed by atoms with E-state index in [-0.39, 0.29) is 28.9 Å². The molecule has 1 fully saturated rings. The van der Waals surface area contributed by atoms with E-state index in [4.69, 9.17) is 4.74 Å². The summed E-state index contributed by atoms with van der Waals surface area (Å²) in [6.45, 7) is 4.23. The van der Waals surface area contributed by atoms with Crippen LogP contribution in [-0.2, 0) is 21.3 Å². The standard InChI is InChI=1S/C22H23N7O4S/c1-2-33-17-9-16-11-27(10-15-4-3-7-23-20(15)28(16)12-17)21(30)14-5-6-18-19(8-14)34(31,32)26-22-24-13-25-29(18)22/h3-8,13,16-17H,2,9-12H2,1H3,(H,24,25,26)/t16-,17-/m1/s1. The van der Waals surface area contributed by atoms with Gasteiger partial charge in [0.2, 0.25) is 5.95 Å². The van der Waals surface area contributed by atoms with Gasteiger partial charge in [-0.2, -0.15) is 14.8 Å². The second-order valence-corrected chi connectivity index (χ2v) is 10.2. The summed E-state index contributed by atoms with van der Waals surface area (Å²) < 4.78 is 35.3. The van der Waals surface area contributed by atoms with Crippen LogP contribution in [0.4, 0.5) is 11.8 Å². The van der Waals surface area contributed by atoms with Gasteiger partial charge in [0.05, 0.1) is 17.8 Å². The van der Waals surface area contributed by atoms with Crippen molar-refractivity contribution in [3.05, 3.63) is 54.0 Å². The Balaban J connectivity index is 1.36. The molecule has 1 N–H and O–H groups in total. The number of hydrogen-bond acceptors (Lipinski definition) is 8. The number of rotatable bonds is 3. The van der Waals surface area contributed by atoms with Gasteiger partial charge in [0.1, 0.15) is 17.0 Å². The van der Waals surface area contributed by atoms with Gasteiger partial charge in [-0.25, -0.2) is 18.1 Å². The predicted molar refractivity (Wildman–Crippen MR) is 122 cm³/mol. The molecule has 0 aliphatic carbocycles. The van der Waals surface area contributed by atoms with E-state index in [9.17, 15) is 13.2 Å². The van der Waals surface area contributed by atoms with Gasteiger partial charge in [-0.1, -0.05) is 6.07 Å². The molecule has 3 aliphatic heterocycles. The Bertz CT molecular complexity index is 1390. The highest BCUT2D eigenvalue weighted by atomic mass is 32.2. The first-order valence-electron chi connectivity index (χ1n) is 11.1. The monoisotopic (exact) mass is 481 g/mol. The first kappa shape index (κ1) is 21.1. The minimum absolute atomic E-state index is 0.00728. The Labute approximate surface area is 196 Å². The Hall–Kier alpha value is -3.51. The van der Waals surface area contributed by atoms with Gasteiger partial charge < -0.3 is 14.5 Å². The number of sulfonamides is 1. The lowest BCUT2D eigenvalue weighted by molar-refractivity contribution is 0.0678. The van der Waals surface area contributed by atoms with E-state index < -0.39 is 10.0 Å². The van der Waals surface area contributed by atoms with E-state index in [1.54, 1.807) is 23.2 Å². The fourth-order valence-corrected chi connectivity index (χ4v) is 6.24. The van der Waals surface area contributed by atoms with Gasteiger partial charge in [0.15, 0.2) is 0 Å². The molecule has 0 saturated carbocycles. The molecule has 0 unspecified atom stereocenters. The van der Waals surface area contributed by atoms with Gasteiger partial charge >= 0.3 is 0 Å². The lowest BCUT2D eigenvalue weighted by atomic mass is 10.1. The van der Waals surface area contributed by atoms with Crippen molar-refractivity contribution in [2.24, 2.45) is 0 Å². The Morgan fingerprint density at radius 2 is 2.12 bits per heavy atom. The molecule has 2 aromatic heterocycles. The maximum absolute atomic E-state index is 13.7. The summed E-state index contributed by atoms with van der Waals surface area (Å²) in [6, 6.07) is 8.56. The number of aromatic nitrogens is 4. The van der Waals surface area contributed by atoms with E-state index in [2.05, 4.69) is 24.7 Å². The van der Waals surface area contributed by atoms with Crippen LogP contribution < -0.4 is 9.62 Å². The number of pyridine rings is 1. The number of fused-ring (bicyclic) bond motifs is 6. The minimum atomic E-state index is -3.87. The lowest BCUT2D eigenvalue weighted by Gasteiger charge is -2.27. The maximum Gasteiger partial charge on any atom is 0.266 e. The van der Waals surface area contributed by atoms with Crippen LogP contribution >= 0.6 is 0 Å². The number of nitrogens with one attached hydrogen (secondary N) is 1. The first-order chi connectivity index (χ1) is 16.4. The van der Waals surface area contributed by atoms with Crippen molar-refractivity contribution in [1.29, 1.82) is 0 Å². The molecule has 3 aromatic rings. The molecule has 176 valence electrons. The molecule has 0 radical (unpaired) electrons. The summed E-state index contributed by atoms with van der Waals surface area (Å²) in [7, 11) is -3.87. The molecular weight excluding hydrogens is 458 g/mol. The van der Waals surface area contributed by atoms with Crippen molar-refractivity contribution in [2.45, 2.75) is 36.9 Å². The second-order valence-electron chi connectivity index (χ2n) is 8.57. The summed E-state index contributed by atoms with van der Waals surface area (Å²) >= 11 is 0. The molecule has 1 saturated heterocycles. The number of ether oxygens (including phenoxy) is 1. The van der Waals surface area contributed by atoms with Crippen molar-refractivity contribution < 1.29 is 17.9 Å². The molecule has 34 heavy (non-hydrogen) atoms. The molecular formula is C22H23N7O4S. The topological polar surface area (TPSA) is 123 Å². The van der Waals surface area contributed by atoms with Crippen LogP contribution in [-0.4, -0.2) is 70.8 Å². The highest BCUT2D eigenvalue weighted by molar-refractivity contribution is 7.93. The summed E-state index contributed by atoms with van der Waals surface area (Å²) in [5.74, 6) is 0.758. The van der Waals surface area contributed by atoms with Crippen LogP contribution in [0.3, 0.4) is 0 Å². The van der Waals surface area contributed by atoms with Crippen LogP contribution in [0.2, 0.25) is 0 Å². The van der Waals surface area contributed by atoms with Gasteiger partial charge in [-0.15, -0.1) is 0 Å². The van der Waals surface area contributed by atoms with Crippen molar-refractivity contribution >= 4 is 27.7 Å². The van der Waals surface area contributed by atoms with Crippen molar-refractivity contribution in [2.75, 3.05) is 29.3 Å². The Morgan fingerprint density at radius 3 is 2.97 bits per heavy atom. The summed E-state index contributed by atoms with van der Waals surface area (Å²) in [5, 5.41) is 4.08.